The van der Waals surface area contributed by atoms with Crippen LogP contribution in [0.25, 0.3) is 0 Å². The summed E-state index contributed by atoms with van der Waals surface area (Å²) in [5.74, 6) is -0.162. The van der Waals surface area contributed by atoms with Gasteiger partial charge >= 0.3 is 0 Å². The van der Waals surface area contributed by atoms with E-state index in [2.05, 4.69) is 0 Å². The molecular weight excluding hydrogens is 150 g/mol. The van der Waals surface area contributed by atoms with Crippen molar-refractivity contribution >= 4 is 25.4 Å². The molecule has 1 heterocycles. The molecule has 1 rings (SSSR count). The molecule has 1 aliphatic heterocycles. The third-order valence-corrected chi connectivity index (χ3v) is 2.30. The Bertz CT molecular complexity index is 181. The summed E-state index contributed by atoms with van der Waals surface area (Å²) in [6.45, 7) is 0. The minimum Gasteiger partial charge on any atom is -0.294 e. The van der Waals surface area contributed by atoms with E-state index in [-0.39, 0.29) is 12.1 Å². The molecule has 52 valence electrons. The summed E-state index contributed by atoms with van der Waals surface area (Å²) in [7, 11) is 5.07. The van der Waals surface area contributed by atoms with Gasteiger partial charge in [0.15, 0.2) is 11.3 Å². The lowest BCUT2D eigenvalue weighted by Gasteiger charge is -1.96. The Morgan fingerprint density at radius 1 is 2.00 bits per heavy atom. The molecular formula is C6H6BFOS. The zero-order chi connectivity index (χ0) is 7.56. The van der Waals surface area contributed by atoms with Crippen LogP contribution in [0.3, 0.4) is 0 Å². The number of halogens is 1. The Morgan fingerprint density at radius 3 is 3.10 bits per heavy atom. The van der Waals surface area contributed by atoms with Crippen LogP contribution in [0.5, 0.6) is 0 Å². The van der Waals surface area contributed by atoms with Crippen molar-refractivity contribution in [2.45, 2.75) is 18.2 Å². The van der Waals surface area contributed by atoms with Crippen LogP contribution in [0, 0.1) is 0 Å². The van der Waals surface area contributed by atoms with E-state index in [1.807, 2.05) is 0 Å². The van der Waals surface area contributed by atoms with Gasteiger partial charge in [-0.1, -0.05) is 17.8 Å². The number of hydrogen-bond donors (Lipinski definition) is 0. The van der Waals surface area contributed by atoms with E-state index in [0.29, 0.717) is 11.3 Å². The summed E-state index contributed by atoms with van der Waals surface area (Å²) in [5, 5.41) is 0. The molecule has 0 amide bonds. The molecule has 1 unspecified atom stereocenters. The molecule has 1 aliphatic rings. The SMILES string of the molecule is [B]CC(=O)C1=CCC(F)S1. The number of rotatable bonds is 2. The Labute approximate surface area is 64.5 Å². The Balaban J connectivity index is 2.51. The fourth-order valence-electron chi connectivity index (χ4n) is 0.714. The maximum atomic E-state index is 12.4. The quantitative estimate of drug-likeness (QED) is 0.563. The summed E-state index contributed by atoms with van der Waals surface area (Å²) >= 11 is 0.963. The zero-order valence-corrected chi connectivity index (χ0v) is 6.16. The van der Waals surface area contributed by atoms with Gasteiger partial charge in [-0.3, -0.25) is 4.79 Å². The van der Waals surface area contributed by atoms with Gasteiger partial charge in [-0.25, -0.2) is 4.39 Å². The molecule has 10 heavy (non-hydrogen) atoms. The normalized spacial score (nSPS) is 24.5. The first-order valence-electron chi connectivity index (χ1n) is 2.98. The topological polar surface area (TPSA) is 17.1 Å². The van der Waals surface area contributed by atoms with Crippen molar-refractivity contribution in [3.05, 3.63) is 11.0 Å². The lowest BCUT2D eigenvalue weighted by Crippen LogP contribution is -1.96. The maximum Gasteiger partial charge on any atom is 0.160 e. The summed E-state index contributed by atoms with van der Waals surface area (Å²) in [4.78, 5) is 11.3. The van der Waals surface area contributed by atoms with Crippen LogP contribution in [-0.4, -0.2) is 19.1 Å². The highest BCUT2D eigenvalue weighted by atomic mass is 32.2. The first kappa shape index (κ1) is 7.86. The Morgan fingerprint density at radius 2 is 2.70 bits per heavy atom. The average molecular weight is 156 g/mol. The van der Waals surface area contributed by atoms with Crippen molar-refractivity contribution in [2.75, 3.05) is 0 Å². The van der Waals surface area contributed by atoms with Gasteiger partial charge in [-0.15, -0.1) is 0 Å². The van der Waals surface area contributed by atoms with Gasteiger partial charge < -0.3 is 0 Å². The van der Waals surface area contributed by atoms with Crippen LogP contribution in [0.1, 0.15) is 6.42 Å². The maximum absolute atomic E-state index is 12.4. The molecule has 0 spiro atoms. The van der Waals surface area contributed by atoms with Gasteiger partial charge in [0.05, 0.1) is 7.85 Å². The first-order valence-corrected chi connectivity index (χ1v) is 3.86. The third kappa shape index (κ3) is 1.63. The predicted molar refractivity (Wildman–Crippen MR) is 40.8 cm³/mol. The fraction of sp³-hybridized carbons (Fsp3) is 0.500. The highest BCUT2D eigenvalue weighted by Gasteiger charge is 2.20. The number of hydrogen-bond acceptors (Lipinski definition) is 2. The van der Waals surface area contributed by atoms with Crippen LogP contribution in [0.2, 0.25) is 6.32 Å². The summed E-state index contributed by atoms with van der Waals surface area (Å²) < 4.78 is 12.4. The van der Waals surface area contributed by atoms with Crippen LogP contribution >= 0.6 is 11.8 Å². The van der Waals surface area contributed by atoms with E-state index in [0.717, 1.165) is 11.8 Å². The monoisotopic (exact) mass is 156 g/mol. The Hall–Kier alpha value is -0.245. The van der Waals surface area contributed by atoms with Crippen LogP contribution in [0.4, 0.5) is 4.39 Å². The highest BCUT2D eigenvalue weighted by Crippen LogP contribution is 2.33. The van der Waals surface area contributed by atoms with Crippen molar-refractivity contribution in [1.29, 1.82) is 0 Å². The van der Waals surface area contributed by atoms with Gasteiger partial charge in [-0.05, 0) is 6.32 Å². The van der Waals surface area contributed by atoms with Gasteiger partial charge in [-0.2, -0.15) is 0 Å². The lowest BCUT2D eigenvalue weighted by molar-refractivity contribution is -0.112. The molecule has 2 radical (unpaired) electrons. The summed E-state index contributed by atoms with van der Waals surface area (Å²) in [6, 6.07) is 0. The highest BCUT2D eigenvalue weighted by molar-refractivity contribution is 8.04. The van der Waals surface area contributed by atoms with E-state index in [9.17, 15) is 9.18 Å². The van der Waals surface area contributed by atoms with Crippen LogP contribution < -0.4 is 0 Å². The van der Waals surface area contributed by atoms with Crippen molar-refractivity contribution in [2.24, 2.45) is 0 Å². The molecule has 1 atom stereocenters. The standard InChI is InChI=1S/C6H6BFOS/c7-3-4(9)5-1-2-6(8)10-5/h1,6H,2-3H2. The largest absolute Gasteiger partial charge is 0.294 e. The van der Waals surface area contributed by atoms with E-state index in [4.69, 9.17) is 7.85 Å². The second kappa shape index (κ2) is 3.24. The first-order chi connectivity index (χ1) is 4.74. The molecule has 0 aromatic heterocycles. The van der Waals surface area contributed by atoms with Crippen LogP contribution in [0.15, 0.2) is 11.0 Å². The molecule has 1 nitrogen and oxygen atoms in total. The fourth-order valence-corrected chi connectivity index (χ4v) is 1.59. The van der Waals surface area contributed by atoms with Crippen molar-refractivity contribution in [3.63, 3.8) is 0 Å². The number of alkyl halides is 1. The lowest BCUT2D eigenvalue weighted by atomic mass is 10.0. The van der Waals surface area contributed by atoms with Crippen molar-refractivity contribution < 1.29 is 9.18 Å². The molecule has 0 bridgehead atoms. The minimum atomic E-state index is -0.939. The van der Waals surface area contributed by atoms with Gasteiger partial charge in [0.2, 0.25) is 0 Å². The molecule has 0 fully saturated rings. The summed E-state index contributed by atoms with van der Waals surface area (Å²) in [5.41, 5.74) is -0.939. The summed E-state index contributed by atoms with van der Waals surface area (Å²) in [6.07, 6.45) is 1.92. The molecule has 0 saturated heterocycles. The molecule has 0 aromatic carbocycles. The van der Waals surface area contributed by atoms with E-state index in [1.165, 1.54) is 0 Å². The van der Waals surface area contributed by atoms with Crippen LogP contribution in [-0.2, 0) is 4.79 Å². The number of ketones is 1. The molecule has 0 aliphatic carbocycles. The minimum absolute atomic E-state index is 0.0223. The van der Waals surface area contributed by atoms with Gasteiger partial charge in [0.1, 0.15) is 0 Å². The third-order valence-electron chi connectivity index (χ3n) is 1.20. The number of thioether (sulfide) groups is 1. The molecule has 4 heteroatoms. The average Bonchev–Trinajstić information content (AvgIpc) is 2.34. The van der Waals surface area contributed by atoms with Gasteiger partial charge in [0, 0.05) is 11.3 Å². The second-order valence-electron chi connectivity index (χ2n) is 1.96. The zero-order valence-electron chi connectivity index (χ0n) is 5.34. The van der Waals surface area contributed by atoms with Crippen molar-refractivity contribution in [3.8, 4) is 0 Å². The molecule has 0 saturated carbocycles. The number of carbonyl (C=O) groups excluding carboxylic acids is 1. The predicted octanol–water partition coefficient (Wildman–Crippen LogP) is 1.46. The van der Waals surface area contributed by atoms with E-state index in [1.54, 1.807) is 6.08 Å². The number of allylic oxidation sites excluding steroid dienone is 2. The van der Waals surface area contributed by atoms with E-state index < -0.39 is 5.50 Å². The molecule has 0 N–H and O–H groups in total. The smallest absolute Gasteiger partial charge is 0.160 e. The second-order valence-corrected chi connectivity index (χ2v) is 3.15. The Kier molecular flexibility index (Phi) is 2.54. The molecule has 0 aromatic rings. The van der Waals surface area contributed by atoms with E-state index >= 15 is 0 Å². The number of carbonyl (C=O) groups is 1. The van der Waals surface area contributed by atoms with Gasteiger partial charge in [0.25, 0.3) is 0 Å². The van der Waals surface area contributed by atoms with Crippen molar-refractivity contribution in [1.82, 2.24) is 0 Å². The number of Topliss-reactive ketones (excluding diaryl/α,β-unsaturated/α-hetero) is 1.